The minimum atomic E-state index is -4.07. The number of anilines is 1. The molecule has 11 heteroatoms. The Morgan fingerprint density at radius 2 is 1.39 bits per heavy atom. The van der Waals surface area contributed by atoms with Crippen LogP contribution in [0.2, 0.25) is 0 Å². The summed E-state index contributed by atoms with van der Waals surface area (Å²) in [6.07, 6.45) is 0. The summed E-state index contributed by atoms with van der Waals surface area (Å²) in [5.41, 5.74) is 0.434. The van der Waals surface area contributed by atoms with E-state index < -0.39 is 32.0 Å². The van der Waals surface area contributed by atoms with Gasteiger partial charge in [-0.25, -0.2) is 16.8 Å². The molecule has 0 aromatic heterocycles. The van der Waals surface area contributed by atoms with E-state index >= 15 is 0 Å². The van der Waals surface area contributed by atoms with E-state index in [9.17, 15) is 21.6 Å². The number of nitrogens with one attached hydrogen (secondary N) is 1. The van der Waals surface area contributed by atoms with Gasteiger partial charge in [0.1, 0.15) is 11.8 Å². The monoisotopic (exact) mass is 529 g/mol. The molecule has 0 aliphatic carbocycles. The van der Waals surface area contributed by atoms with Crippen LogP contribution < -0.4 is 10.1 Å². The second-order valence-electron chi connectivity index (χ2n) is 8.07. The number of hydrogen-bond donors (Lipinski definition) is 1. The first-order valence-electron chi connectivity index (χ1n) is 11.4. The fourth-order valence-corrected chi connectivity index (χ4v) is 7.01. The molecule has 0 bridgehead atoms. The average Bonchev–Trinajstić information content (AvgIpc) is 2.90. The summed E-state index contributed by atoms with van der Waals surface area (Å²) >= 11 is 0. The van der Waals surface area contributed by atoms with Crippen molar-refractivity contribution in [1.82, 2.24) is 8.61 Å². The summed E-state index contributed by atoms with van der Waals surface area (Å²) < 4.78 is 61.1. The SMILES string of the molecule is CCOc1ccc(NC(=O)[C@H]2CN(S(=O)(=O)c3ccccc3)CCN2S(=O)(=O)c2ccccc2)cc1. The summed E-state index contributed by atoms with van der Waals surface area (Å²) in [6, 6.07) is 21.0. The van der Waals surface area contributed by atoms with Gasteiger partial charge in [0.2, 0.25) is 26.0 Å². The summed E-state index contributed by atoms with van der Waals surface area (Å²) in [4.78, 5) is 13.5. The first-order chi connectivity index (χ1) is 17.2. The highest BCUT2D eigenvalue weighted by Gasteiger charge is 2.43. The number of benzene rings is 3. The maximum absolute atomic E-state index is 13.5. The van der Waals surface area contributed by atoms with Crippen LogP contribution in [0.5, 0.6) is 5.75 Å². The molecule has 36 heavy (non-hydrogen) atoms. The molecule has 3 aromatic carbocycles. The number of carbonyl (C=O) groups excluding carboxylic acids is 1. The fraction of sp³-hybridized carbons (Fsp3) is 0.240. The molecule has 9 nitrogen and oxygen atoms in total. The zero-order valence-electron chi connectivity index (χ0n) is 19.6. The Morgan fingerprint density at radius 3 is 1.94 bits per heavy atom. The standard InChI is InChI=1S/C25H27N3O6S2/c1-2-34-21-15-13-20(14-16-21)26-25(29)24-19-27(35(30,31)22-9-5-3-6-10-22)17-18-28(24)36(32,33)23-11-7-4-8-12-23/h3-16,24H,2,17-19H2,1H3,(H,26,29)/t24-/m1/s1. The number of rotatable bonds is 8. The quantitative estimate of drug-likeness (QED) is 0.480. The lowest BCUT2D eigenvalue weighted by Gasteiger charge is -2.38. The molecule has 3 aromatic rings. The van der Waals surface area contributed by atoms with Gasteiger partial charge in [0.15, 0.2) is 0 Å². The summed E-state index contributed by atoms with van der Waals surface area (Å²) in [7, 11) is -8.00. The van der Waals surface area contributed by atoms with Crippen LogP contribution in [0.25, 0.3) is 0 Å². The molecule has 1 atom stereocenters. The van der Waals surface area contributed by atoms with Crippen LogP contribution in [0.15, 0.2) is 94.7 Å². The Hall–Kier alpha value is -3.25. The molecule has 190 valence electrons. The highest BCUT2D eigenvalue weighted by Crippen LogP contribution is 2.26. The normalized spacial score (nSPS) is 17.4. The van der Waals surface area contributed by atoms with Gasteiger partial charge < -0.3 is 10.1 Å². The van der Waals surface area contributed by atoms with Crippen molar-refractivity contribution in [1.29, 1.82) is 0 Å². The molecule has 0 spiro atoms. The molecule has 4 rings (SSSR count). The zero-order valence-corrected chi connectivity index (χ0v) is 21.3. The minimum Gasteiger partial charge on any atom is -0.494 e. The van der Waals surface area contributed by atoms with Crippen molar-refractivity contribution >= 4 is 31.6 Å². The largest absolute Gasteiger partial charge is 0.494 e. The fourth-order valence-electron chi connectivity index (χ4n) is 3.96. The number of ether oxygens (including phenoxy) is 1. The molecule has 1 saturated heterocycles. The molecule has 1 N–H and O–H groups in total. The molecule has 0 radical (unpaired) electrons. The van der Waals surface area contributed by atoms with Gasteiger partial charge in [-0.15, -0.1) is 0 Å². The van der Waals surface area contributed by atoms with Gasteiger partial charge in [-0.2, -0.15) is 8.61 Å². The first-order valence-corrected chi connectivity index (χ1v) is 14.3. The van der Waals surface area contributed by atoms with E-state index in [1.807, 2.05) is 6.92 Å². The van der Waals surface area contributed by atoms with Crippen molar-refractivity contribution in [2.24, 2.45) is 0 Å². The molecule has 1 fully saturated rings. The van der Waals surface area contributed by atoms with Gasteiger partial charge in [-0.05, 0) is 55.5 Å². The lowest BCUT2D eigenvalue weighted by Crippen LogP contribution is -2.60. The predicted octanol–water partition coefficient (Wildman–Crippen LogP) is 2.79. The number of piperazine rings is 1. The van der Waals surface area contributed by atoms with Gasteiger partial charge in [0.25, 0.3) is 0 Å². The molecule has 0 unspecified atom stereocenters. The molecule has 0 saturated carbocycles. The average molecular weight is 530 g/mol. The van der Waals surface area contributed by atoms with Gasteiger partial charge in [-0.1, -0.05) is 36.4 Å². The summed E-state index contributed by atoms with van der Waals surface area (Å²) in [5, 5.41) is 2.72. The van der Waals surface area contributed by atoms with Crippen LogP contribution in [0.1, 0.15) is 6.92 Å². The van der Waals surface area contributed by atoms with Gasteiger partial charge in [0.05, 0.1) is 16.4 Å². The van der Waals surface area contributed by atoms with E-state index in [1.54, 1.807) is 60.7 Å². The third kappa shape index (κ3) is 5.44. The molecule has 1 amide bonds. The number of carbonyl (C=O) groups is 1. The van der Waals surface area contributed by atoms with Crippen LogP contribution in [-0.4, -0.2) is 63.6 Å². The van der Waals surface area contributed by atoms with E-state index in [4.69, 9.17) is 4.74 Å². The minimum absolute atomic E-state index is 0.0308. The van der Waals surface area contributed by atoms with Crippen LogP contribution in [0.4, 0.5) is 5.69 Å². The maximum atomic E-state index is 13.5. The van der Waals surface area contributed by atoms with Gasteiger partial charge in [0, 0.05) is 25.3 Å². The topological polar surface area (TPSA) is 113 Å². The predicted molar refractivity (Wildman–Crippen MR) is 136 cm³/mol. The maximum Gasteiger partial charge on any atom is 0.244 e. The van der Waals surface area contributed by atoms with E-state index in [0.717, 1.165) is 8.61 Å². The van der Waals surface area contributed by atoms with E-state index in [2.05, 4.69) is 5.32 Å². The second kappa shape index (κ2) is 10.8. The molecule has 1 aliphatic heterocycles. The Labute approximate surface area is 211 Å². The molecule has 1 heterocycles. The number of nitrogens with zero attached hydrogens (tertiary/aromatic N) is 2. The van der Waals surface area contributed by atoms with Crippen molar-refractivity contribution in [2.45, 2.75) is 22.8 Å². The first kappa shape index (κ1) is 25.8. The second-order valence-corrected chi connectivity index (χ2v) is 11.9. The number of amides is 1. The van der Waals surface area contributed by atoms with Crippen LogP contribution in [0.3, 0.4) is 0 Å². The number of sulfonamides is 2. The van der Waals surface area contributed by atoms with Crippen molar-refractivity contribution in [3.05, 3.63) is 84.9 Å². The lowest BCUT2D eigenvalue weighted by molar-refractivity contribution is -0.120. The third-order valence-corrected chi connectivity index (χ3v) is 9.56. The van der Waals surface area contributed by atoms with Crippen molar-refractivity contribution in [2.75, 3.05) is 31.6 Å². The molecular weight excluding hydrogens is 502 g/mol. The Balaban J connectivity index is 1.65. The van der Waals surface area contributed by atoms with E-state index in [0.29, 0.717) is 18.0 Å². The number of hydrogen-bond acceptors (Lipinski definition) is 6. The summed E-state index contributed by atoms with van der Waals surface area (Å²) in [6.45, 7) is 1.76. The third-order valence-electron chi connectivity index (χ3n) is 5.76. The van der Waals surface area contributed by atoms with Crippen LogP contribution in [-0.2, 0) is 24.8 Å². The lowest BCUT2D eigenvalue weighted by atomic mass is 10.2. The molecule has 1 aliphatic rings. The van der Waals surface area contributed by atoms with Crippen molar-refractivity contribution < 1.29 is 26.4 Å². The van der Waals surface area contributed by atoms with Gasteiger partial charge in [-0.3, -0.25) is 4.79 Å². The highest BCUT2D eigenvalue weighted by atomic mass is 32.2. The highest BCUT2D eigenvalue weighted by molar-refractivity contribution is 7.89. The Kier molecular flexibility index (Phi) is 7.74. The zero-order chi connectivity index (χ0) is 25.8. The van der Waals surface area contributed by atoms with E-state index in [-0.39, 0.29) is 29.4 Å². The smallest absolute Gasteiger partial charge is 0.244 e. The Morgan fingerprint density at radius 1 is 0.833 bits per heavy atom. The van der Waals surface area contributed by atoms with Gasteiger partial charge >= 0.3 is 0 Å². The van der Waals surface area contributed by atoms with Crippen LogP contribution >= 0.6 is 0 Å². The van der Waals surface area contributed by atoms with Crippen LogP contribution in [0, 0.1) is 0 Å². The molecular formula is C25H27N3O6S2. The summed E-state index contributed by atoms with van der Waals surface area (Å²) in [5.74, 6) is -0.00629. The van der Waals surface area contributed by atoms with Crippen molar-refractivity contribution in [3.8, 4) is 5.75 Å². The van der Waals surface area contributed by atoms with E-state index in [1.165, 1.54) is 24.3 Å². The van der Waals surface area contributed by atoms with Crippen molar-refractivity contribution in [3.63, 3.8) is 0 Å². The Bertz CT molecular complexity index is 1400.